The number of carboxylic acid groups (broad SMARTS) is 2. The lowest BCUT2D eigenvalue weighted by Gasteiger charge is -2.25. The fraction of sp³-hybridized carbons (Fsp3) is 0.737. The number of Topliss-reactive ketones (excluding diaryl/α,β-unsaturated/α-hetero) is 1. The molecule has 34 heavy (non-hydrogen) atoms. The number of hydrogen-bond donors (Lipinski definition) is 9. The molecule has 7 atom stereocenters. The SMILES string of the molecule is CN[C@@H](C)C(=O)C[C@H](CC(=O)NC[C@@H](O)[C@H](O)C(O)[C@@H](O)C(=O)O)C(=O)N[C@@H](CSC)C(=O)O. The van der Waals surface area contributed by atoms with Crippen LogP contribution < -0.4 is 16.0 Å². The number of hydrogen-bond acceptors (Lipinski definition) is 11. The molecule has 0 bridgehead atoms. The van der Waals surface area contributed by atoms with E-state index in [1.54, 1.807) is 13.2 Å². The number of amides is 2. The first-order valence-corrected chi connectivity index (χ1v) is 11.6. The molecule has 15 heteroatoms. The summed E-state index contributed by atoms with van der Waals surface area (Å²) >= 11 is 1.17. The Hall–Kier alpha value is -2.30. The van der Waals surface area contributed by atoms with Crippen LogP contribution in [0, 0.1) is 5.92 Å². The zero-order valence-electron chi connectivity index (χ0n) is 19.0. The Labute approximate surface area is 200 Å². The first-order valence-electron chi connectivity index (χ1n) is 10.2. The van der Waals surface area contributed by atoms with Gasteiger partial charge in [0.25, 0.3) is 0 Å². The minimum Gasteiger partial charge on any atom is -0.480 e. The Morgan fingerprint density at radius 1 is 0.912 bits per heavy atom. The molecule has 0 aromatic rings. The number of carbonyl (C=O) groups excluding carboxylic acids is 3. The van der Waals surface area contributed by atoms with E-state index in [2.05, 4.69) is 16.0 Å². The highest BCUT2D eigenvalue weighted by Crippen LogP contribution is 2.13. The summed E-state index contributed by atoms with van der Waals surface area (Å²) in [5, 5.41) is 63.4. The van der Waals surface area contributed by atoms with Gasteiger partial charge in [-0.05, 0) is 20.2 Å². The molecule has 0 saturated carbocycles. The summed E-state index contributed by atoms with van der Waals surface area (Å²) in [6.07, 6.45) is -7.93. The molecule has 196 valence electrons. The van der Waals surface area contributed by atoms with Crippen LogP contribution in [-0.4, -0.2) is 122 Å². The third-order valence-corrected chi connectivity index (χ3v) is 5.61. The molecule has 9 N–H and O–H groups in total. The van der Waals surface area contributed by atoms with Crippen LogP contribution in [0.5, 0.6) is 0 Å². The van der Waals surface area contributed by atoms with E-state index in [0.29, 0.717) is 0 Å². The Bertz CT molecular complexity index is 724. The Morgan fingerprint density at radius 3 is 1.97 bits per heavy atom. The Balaban J connectivity index is 5.23. The van der Waals surface area contributed by atoms with Crippen LogP contribution in [-0.2, 0) is 24.0 Å². The van der Waals surface area contributed by atoms with Crippen molar-refractivity contribution in [2.75, 3.05) is 25.6 Å². The van der Waals surface area contributed by atoms with Gasteiger partial charge in [0.2, 0.25) is 11.8 Å². The summed E-state index contributed by atoms with van der Waals surface area (Å²) in [5.41, 5.74) is 0. The number of carboxylic acids is 2. The number of aliphatic hydroxyl groups excluding tert-OH is 4. The summed E-state index contributed by atoms with van der Waals surface area (Å²) in [7, 11) is 1.52. The average molecular weight is 512 g/mol. The molecule has 2 amide bonds. The highest BCUT2D eigenvalue weighted by Gasteiger charge is 2.35. The van der Waals surface area contributed by atoms with Gasteiger partial charge in [0.05, 0.1) is 18.1 Å². The van der Waals surface area contributed by atoms with Gasteiger partial charge in [-0.1, -0.05) is 0 Å². The molecule has 0 aromatic heterocycles. The highest BCUT2D eigenvalue weighted by atomic mass is 32.2. The van der Waals surface area contributed by atoms with Gasteiger partial charge in [-0.25, -0.2) is 9.59 Å². The summed E-state index contributed by atoms with van der Waals surface area (Å²) in [6.45, 7) is 0.864. The van der Waals surface area contributed by atoms with Crippen molar-refractivity contribution in [3.63, 3.8) is 0 Å². The number of likely N-dealkylation sites (N-methyl/N-ethyl adjacent to an activating group) is 1. The number of aliphatic hydroxyl groups is 4. The Kier molecular flexibility index (Phi) is 14.5. The third kappa shape index (κ3) is 10.8. The van der Waals surface area contributed by atoms with E-state index in [0.717, 1.165) is 0 Å². The van der Waals surface area contributed by atoms with E-state index >= 15 is 0 Å². The molecule has 0 heterocycles. The molecule has 0 saturated heterocycles. The lowest BCUT2D eigenvalue weighted by Crippen LogP contribution is -2.51. The second kappa shape index (κ2) is 15.6. The highest BCUT2D eigenvalue weighted by molar-refractivity contribution is 7.98. The monoisotopic (exact) mass is 511 g/mol. The van der Waals surface area contributed by atoms with E-state index in [9.17, 15) is 49.5 Å². The fourth-order valence-electron chi connectivity index (χ4n) is 2.66. The molecular formula is C19H33N3O11S. The molecule has 0 aromatic carbocycles. The largest absolute Gasteiger partial charge is 0.480 e. The normalized spacial score (nSPS) is 17.4. The van der Waals surface area contributed by atoms with Crippen LogP contribution in [0.1, 0.15) is 19.8 Å². The maximum absolute atomic E-state index is 12.6. The molecule has 0 aliphatic carbocycles. The van der Waals surface area contributed by atoms with Gasteiger partial charge in [-0.2, -0.15) is 11.8 Å². The van der Waals surface area contributed by atoms with Crippen LogP contribution >= 0.6 is 11.8 Å². The third-order valence-electron chi connectivity index (χ3n) is 4.94. The van der Waals surface area contributed by atoms with E-state index in [1.807, 2.05) is 0 Å². The standard InChI is InChI=1S/C19H33N3O11S/c1-8(20-2)11(23)4-9(17(29)22-10(7-34-3)18(30)31)5-13(25)21-6-12(24)14(26)15(27)16(28)19(32)33/h8-10,12,14-16,20,24,26-28H,4-7H2,1-3H3,(H,21,25)(H,22,29)(H,30,31)(H,32,33)/t8-,9+,10-,12+,14-,15?,16+/m0/s1. The number of thioether (sulfide) groups is 1. The molecule has 0 rings (SSSR count). The van der Waals surface area contributed by atoms with Crippen molar-refractivity contribution < 1.29 is 54.6 Å². The van der Waals surface area contributed by atoms with Gasteiger partial charge in [0, 0.05) is 25.1 Å². The predicted molar refractivity (Wildman–Crippen MR) is 119 cm³/mol. The minimum absolute atomic E-state index is 0.0510. The fourth-order valence-corrected chi connectivity index (χ4v) is 3.22. The second-order valence-electron chi connectivity index (χ2n) is 7.57. The molecule has 0 radical (unpaired) electrons. The van der Waals surface area contributed by atoms with Crippen molar-refractivity contribution in [1.82, 2.24) is 16.0 Å². The number of nitrogens with one attached hydrogen (secondary N) is 3. The second-order valence-corrected chi connectivity index (χ2v) is 8.48. The van der Waals surface area contributed by atoms with E-state index in [1.165, 1.54) is 18.8 Å². The van der Waals surface area contributed by atoms with Crippen molar-refractivity contribution >= 4 is 41.3 Å². The maximum atomic E-state index is 12.6. The van der Waals surface area contributed by atoms with Gasteiger partial charge in [-0.15, -0.1) is 0 Å². The van der Waals surface area contributed by atoms with Crippen LogP contribution in [0.2, 0.25) is 0 Å². The van der Waals surface area contributed by atoms with Gasteiger partial charge in [0.15, 0.2) is 6.10 Å². The molecule has 0 spiro atoms. The predicted octanol–water partition coefficient (Wildman–Crippen LogP) is -3.86. The Morgan fingerprint density at radius 2 is 1.50 bits per heavy atom. The maximum Gasteiger partial charge on any atom is 0.335 e. The van der Waals surface area contributed by atoms with Crippen molar-refractivity contribution in [1.29, 1.82) is 0 Å². The van der Waals surface area contributed by atoms with Gasteiger partial charge >= 0.3 is 11.9 Å². The lowest BCUT2D eigenvalue weighted by molar-refractivity contribution is -0.162. The summed E-state index contributed by atoms with van der Waals surface area (Å²) in [4.78, 5) is 59.2. The van der Waals surface area contributed by atoms with E-state index < -0.39 is 84.9 Å². The number of aliphatic carboxylic acids is 2. The summed E-state index contributed by atoms with van der Waals surface area (Å²) < 4.78 is 0. The number of rotatable bonds is 17. The number of ketones is 1. The smallest absolute Gasteiger partial charge is 0.335 e. The zero-order chi connectivity index (χ0) is 26.6. The van der Waals surface area contributed by atoms with Crippen LogP contribution in [0.15, 0.2) is 0 Å². The quantitative estimate of drug-likeness (QED) is 0.0909. The summed E-state index contributed by atoms with van der Waals surface area (Å²) in [6, 6.07) is -1.89. The topological polar surface area (TPSA) is 243 Å². The minimum atomic E-state index is -2.38. The zero-order valence-corrected chi connectivity index (χ0v) is 19.8. The van der Waals surface area contributed by atoms with Crippen molar-refractivity contribution in [2.24, 2.45) is 5.92 Å². The van der Waals surface area contributed by atoms with E-state index in [4.69, 9.17) is 5.11 Å². The van der Waals surface area contributed by atoms with Gasteiger partial charge < -0.3 is 46.6 Å². The number of carbonyl (C=O) groups is 5. The first-order chi connectivity index (χ1) is 15.8. The van der Waals surface area contributed by atoms with E-state index in [-0.39, 0.29) is 12.2 Å². The van der Waals surface area contributed by atoms with Gasteiger partial charge in [-0.3, -0.25) is 14.4 Å². The van der Waals surface area contributed by atoms with Gasteiger partial charge in [0.1, 0.15) is 24.0 Å². The van der Waals surface area contributed by atoms with Crippen molar-refractivity contribution in [3.05, 3.63) is 0 Å². The van der Waals surface area contributed by atoms with Crippen LogP contribution in [0.25, 0.3) is 0 Å². The molecule has 0 aliphatic rings. The van der Waals surface area contributed by atoms with Crippen LogP contribution in [0.4, 0.5) is 0 Å². The summed E-state index contributed by atoms with van der Waals surface area (Å²) in [5.74, 6) is -6.41. The molecule has 0 aliphatic heterocycles. The average Bonchev–Trinajstić information content (AvgIpc) is 2.79. The lowest BCUT2D eigenvalue weighted by atomic mass is 9.94. The van der Waals surface area contributed by atoms with Crippen molar-refractivity contribution in [3.8, 4) is 0 Å². The molecule has 1 unspecified atom stereocenters. The molecular weight excluding hydrogens is 478 g/mol. The van der Waals surface area contributed by atoms with Crippen LogP contribution in [0.3, 0.4) is 0 Å². The molecule has 14 nitrogen and oxygen atoms in total. The van der Waals surface area contributed by atoms with Crippen molar-refractivity contribution in [2.45, 2.75) is 56.3 Å². The molecule has 0 fully saturated rings. The first kappa shape index (κ1) is 31.7.